The highest BCUT2D eigenvalue weighted by Gasteiger charge is 2.14. The van der Waals surface area contributed by atoms with Crippen molar-refractivity contribution < 1.29 is 8.42 Å². The molecule has 0 saturated carbocycles. The van der Waals surface area contributed by atoms with Gasteiger partial charge in [-0.05, 0) is 50.4 Å². The van der Waals surface area contributed by atoms with E-state index < -0.39 is 9.84 Å². The van der Waals surface area contributed by atoms with E-state index in [4.69, 9.17) is 0 Å². The monoisotopic (exact) mass is 326 g/mol. The van der Waals surface area contributed by atoms with Gasteiger partial charge in [-0.25, -0.2) is 8.42 Å². The minimum absolute atomic E-state index is 0.310. The lowest BCUT2D eigenvalue weighted by molar-refractivity contribution is 0.601. The zero-order valence-electron chi connectivity index (χ0n) is 7.14. The normalized spacial score (nSPS) is 11.7. The van der Waals surface area contributed by atoms with Crippen molar-refractivity contribution in [3.05, 3.63) is 26.6 Å². The molecule has 72 valence electrons. The zero-order valence-corrected chi connectivity index (χ0v) is 11.1. The maximum absolute atomic E-state index is 11.3. The van der Waals surface area contributed by atoms with Crippen LogP contribution in [0.2, 0.25) is 0 Å². The highest BCUT2D eigenvalue weighted by Crippen LogP contribution is 2.32. The summed E-state index contributed by atoms with van der Waals surface area (Å²) in [6.45, 7) is 1.90. The van der Waals surface area contributed by atoms with Gasteiger partial charge < -0.3 is 0 Å². The number of hydrogen-bond donors (Lipinski definition) is 0. The maximum atomic E-state index is 11.3. The Kier molecular flexibility index (Phi) is 3.20. The summed E-state index contributed by atoms with van der Waals surface area (Å²) in [4.78, 5) is 0.310. The van der Waals surface area contributed by atoms with E-state index in [0.29, 0.717) is 9.37 Å². The first-order valence-corrected chi connectivity index (χ1v) is 6.96. The minimum atomic E-state index is -3.15. The van der Waals surface area contributed by atoms with Crippen LogP contribution in [0.3, 0.4) is 0 Å². The quantitative estimate of drug-likeness (QED) is 0.794. The third-order valence-corrected chi connectivity index (χ3v) is 5.42. The molecular formula is C8H8Br2O2S. The molecule has 0 unspecified atom stereocenters. The third-order valence-electron chi connectivity index (χ3n) is 1.64. The molecule has 1 aromatic carbocycles. The summed E-state index contributed by atoms with van der Waals surface area (Å²) in [6, 6.07) is 3.37. The number of hydrogen-bond acceptors (Lipinski definition) is 2. The van der Waals surface area contributed by atoms with Gasteiger partial charge in [0.05, 0.1) is 9.37 Å². The molecule has 1 rings (SSSR count). The van der Waals surface area contributed by atoms with Gasteiger partial charge in [0.2, 0.25) is 0 Å². The summed E-state index contributed by atoms with van der Waals surface area (Å²) in [5, 5.41) is 0. The average molecular weight is 328 g/mol. The van der Waals surface area contributed by atoms with Gasteiger partial charge >= 0.3 is 0 Å². The van der Waals surface area contributed by atoms with Gasteiger partial charge in [0, 0.05) is 10.7 Å². The Balaban J connectivity index is 3.53. The predicted octanol–water partition coefficient (Wildman–Crippen LogP) is 2.92. The molecule has 0 spiro atoms. The van der Waals surface area contributed by atoms with Crippen molar-refractivity contribution in [2.45, 2.75) is 11.8 Å². The van der Waals surface area contributed by atoms with Crippen LogP contribution >= 0.6 is 31.9 Å². The molecule has 2 nitrogen and oxygen atoms in total. The number of aryl methyl sites for hydroxylation is 1. The molecule has 0 bridgehead atoms. The summed E-state index contributed by atoms with van der Waals surface area (Å²) in [6.07, 6.45) is 1.19. The van der Waals surface area contributed by atoms with E-state index in [-0.39, 0.29) is 0 Å². The molecular weight excluding hydrogens is 320 g/mol. The van der Waals surface area contributed by atoms with E-state index in [1.54, 1.807) is 12.1 Å². The summed E-state index contributed by atoms with van der Waals surface area (Å²) in [5.74, 6) is 0. The van der Waals surface area contributed by atoms with Crippen molar-refractivity contribution in [2.24, 2.45) is 0 Å². The fourth-order valence-corrected chi connectivity index (χ4v) is 3.46. The second kappa shape index (κ2) is 3.71. The zero-order chi connectivity index (χ0) is 10.2. The largest absolute Gasteiger partial charge is 0.224 e. The van der Waals surface area contributed by atoms with Crippen LogP contribution in [0.25, 0.3) is 0 Å². The van der Waals surface area contributed by atoms with Gasteiger partial charge in [0.1, 0.15) is 0 Å². The van der Waals surface area contributed by atoms with E-state index in [1.807, 2.05) is 6.92 Å². The summed E-state index contributed by atoms with van der Waals surface area (Å²) in [7, 11) is -3.15. The van der Waals surface area contributed by atoms with E-state index in [2.05, 4.69) is 31.9 Å². The van der Waals surface area contributed by atoms with Crippen LogP contribution in [-0.2, 0) is 9.84 Å². The van der Waals surface area contributed by atoms with Gasteiger partial charge in [0.25, 0.3) is 0 Å². The first-order chi connectivity index (χ1) is 5.84. The lowest BCUT2D eigenvalue weighted by Crippen LogP contribution is -1.99. The van der Waals surface area contributed by atoms with E-state index >= 15 is 0 Å². The van der Waals surface area contributed by atoms with E-state index in [0.717, 1.165) is 10.0 Å². The van der Waals surface area contributed by atoms with Crippen LogP contribution in [0.4, 0.5) is 0 Å². The Morgan fingerprint density at radius 1 is 1.15 bits per heavy atom. The van der Waals surface area contributed by atoms with Gasteiger partial charge in [-0.2, -0.15) is 0 Å². The van der Waals surface area contributed by atoms with Crippen molar-refractivity contribution in [1.82, 2.24) is 0 Å². The Morgan fingerprint density at radius 2 is 1.69 bits per heavy atom. The minimum Gasteiger partial charge on any atom is -0.224 e. The van der Waals surface area contributed by atoms with Crippen molar-refractivity contribution in [1.29, 1.82) is 0 Å². The van der Waals surface area contributed by atoms with Crippen molar-refractivity contribution in [3.8, 4) is 0 Å². The van der Waals surface area contributed by atoms with Gasteiger partial charge in [-0.1, -0.05) is 6.07 Å². The fraction of sp³-hybridized carbons (Fsp3) is 0.250. The summed E-state index contributed by atoms with van der Waals surface area (Å²) >= 11 is 6.55. The summed E-state index contributed by atoms with van der Waals surface area (Å²) in [5.41, 5.74) is 0.999. The van der Waals surface area contributed by atoms with Crippen LogP contribution < -0.4 is 0 Å². The maximum Gasteiger partial charge on any atom is 0.176 e. The molecule has 5 heteroatoms. The molecule has 1 aromatic rings. The fourth-order valence-electron chi connectivity index (χ4n) is 0.915. The molecule has 0 fully saturated rings. The molecule has 13 heavy (non-hydrogen) atoms. The SMILES string of the molecule is Cc1ccc(S(C)(=O)=O)c(Br)c1Br. The molecule has 0 amide bonds. The highest BCUT2D eigenvalue weighted by molar-refractivity contribution is 9.13. The lowest BCUT2D eigenvalue weighted by Gasteiger charge is -2.06. The Morgan fingerprint density at radius 3 is 2.15 bits per heavy atom. The van der Waals surface area contributed by atoms with Gasteiger partial charge in [0.15, 0.2) is 9.84 Å². The first kappa shape index (κ1) is 11.2. The van der Waals surface area contributed by atoms with Crippen molar-refractivity contribution in [2.75, 3.05) is 6.26 Å². The molecule has 0 N–H and O–H groups in total. The smallest absolute Gasteiger partial charge is 0.176 e. The molecule has 0 heterocycles. The average Bonchev–Trinajstić information content (AvgIpc) is 1.98. The van der Waals surface area contributed by atoms with Crippen LogP contribution in [0, 0.1) is 6.92 Å². The highest BCUT2D eigenvalue weighted by atomic mass is 79.9. The molecule has 0 atom stereocenters. The number of benzene rings is 1. The summed E-state index contributed by atoms with van der Waals surface area (Å²) < 4.78 is 23.9. The molecule has 0 radical (unpaired) electrons. The second-order valence-corrected chi connectivity index (χ2v) is 6.35. The van der Waals surface area contributed by atoms with E-state index in [1.165, 1.54) is 6.26 Å². The van der Waals surface area contributed by atoms with Crippen LogP contribution in [0.15, 0.2) is 26.0 Å². The van der Waals surface area contributed by atoms with Crippen molar-refractivity contribution in [3.63, 3.8) is 0 Å². The second-order valence-electron chi connectivity index (χ2n) is 2.78. The van der Waals surface area contributed by atoms with Crippen molar-refractivity contribution >= 4 is 41.7 Å². The molecule has 0 aromatic heterocycles. The van der Waals surface area contributed by atoms with Crippen LogP contribution in [-0.4, -0.2) is 14.7 Å². The van der Waals surface area contributed by atoms with Crippen LogP contribution in [0.1, 0.15) is 5.56 Å². The standard InChI is InChI=1S/C8H8Br2O2S/c1-5-3-4-6(13(2,11)12)8(10)7(5)9/h3-4H,1-2H3. The van der Waals surface area contributed by atoms with Gasteiger partial charge in [-0.3, -0.25) is 0 Å². The Hall–Kier alpha value is 0.130. The first-order valence-electron chi connectivity index (χ1n) is 3.48. The number of sulfone groups is 1. The molecule has 0 aliphatic rings. The molecule has 0 aliphatic carbocycles. The van der Waals surface area contributed by atoms with Crippen LogP contribution in [0.5, 0.6) is 0 Å². The predicted molar refractivity (Wildman–Crippen MR) is 59.7 cm³/mol. The Labute approximate surface area is 94.5 Å². The molecule has 0 saturated heterocycles. The topological polar surface area (TPSA) is 34.1 Å². The van der Waals surface area contributed by atoms with E-state index in [9.17, 15) is 8.42 Å². The van der Waals surface area contributed by atoms with Gasteiger partial charge in [-0.15, -0.1) is 0 Å². The number of halogens is 2. The molecule has 0 aliphatic heterocycles. The third kappa shape index (κ3) is 2.33. The Bertz CT molecular complexity index is 438. The number of rotatable bonds is 1. The lowest BCUT2D eigenvalue weighted by atomic mass is 10.2.